The smallest absolute Gasteiger partial charge is 0.160 e. The molecule has 118 valence electrons. The van der Waals surface area contributed by atoms with E-state index in [0.29, 0.717) is 26.1 Å². The number of nitrogens with zero attached hydrogens (tertiary/aromatic N) is 7. The van der Waals surface area contributed by atoms with E-state index in [0.717, 1.165) is 22.2 Å². The van der Waals surface area contributed by atoms with Crippen LogP contribution in [0.2, 0.25) is 0 Å². The van der Waals surface area contributed by atoms with E-state index in [9.17, 15) is 5.26 Å². The fraction of sp³-hybridized carbons (Fsp3) is 0.312. The van der Waals surface area contributed by atoms with Crippen LogP contribution < -0.4 is 0 Å². The minimum absolute atomic E-state index is 0.360. The summed E-state index contributed by atoms with van der Waals surface area (Å²) in [5, 5.41) is 31.6. The van der Waals surface area contributed by atoms with Crippen molar-refractivity contribution in [3.05, 3.63) is 30.9 Å². The van der Waals surface area contributed by atoms with Crippen molar-refractivity contribution in [1.82, 2.24) is 29.9 Å². The van der Waals surface area contributed by atoms with Gasteiger partial charge in [-0.05, 0) is 6.07 Å². The summed E-state index contributed by atoms with van der Waals surface area (Å²) in [7, 11) is 0. The highest BCUT2D eigenvalue weighted by Gasteiger charge is 2.45. The Hall–Kier alpha value is -3.23. The number of fused-ring (bicyclic) bond motifs is 1. The highest BCUT2D eigenvalue weighted by molar-refractivity contribution is 5.91. The predicted molar refractivity (Wildman–Crippen MR) is 85.4 cm³/mol. The topological polar surface area (TPSA) is 110 Å². The van der Waals surface area contributed by atoms with E-state index < -0.39 is 0 Å². The average molecular weight is 318 g/mol. The quantitative estimate of drug-likeness (QED) is 0.725. The molecule has 24 heavy (non-hydrogen) atoms. The number of nitriles is 2. The lowest BCUT2D eigenvalue weighted by Crippen LogP contribution is -2.62. The lowest BCUT2D eigenvalue weighted by molar-refractivity contribution is 0.0157. The Morgan fingerprint density at radius 3 is 2.92 bits per heavy atom. The fourth-order valence-electron chi connectivity index (χ4n) is 3.31. The molecular formula is C16H14N8. The van der Waals surface area contributed by atoms with E-state index >= 15 is 0 Å². The first-order valence-electron chi connectivity index (χ1n) is 7.56. The maximum Gasteiger partial charge on any atom is 0.160 e. The van der Waals surface area contributed by atoms with Gasteiger partial charge in [0.15, 0.2) is 5.65 Å². The van der Waals surface area contributed by atoms with Gasteiger partial charge in [-0.25, -0.2) is 0 Å². The van der Waals surface area contributed by atoms with Gasteiger partial charge >= 0.3 is 0 Å². The fourth-order valence-corrected chi connectivity index (χ4v) is 3.31. The molecule has 1 fully saturated rings. The minimum Gasteiger partial charge on any atom is -0.345 e. The predicted octanol–water partition coefficient (Wildman–Crippen LogP) is 1.27. The third kappa shape index (κ3) is 2.13. The number of nitrogens with one attached hydrogen (secondary N) is 1. The molecule has 3 aromatic rings. The number of likely N-dealkylation sites (tertiary alicyclic amines) is 1. The molecule has 0 unspecified atom stereocenters. The third-order valence-corrected chi connectivity index (χ3v) is 4.48. The number of hydrogen-bond acceptors (Lipinski definition) is 6. The second kappa shape index (κ2) is 5.44. The third-order valence-electron chi connectivity index (χ3n) is 4.48. The standard InChI is InChI=1S/C16H14N8/c17-3-2-16(10-23(11-16)6-4-18)24-9-12(7-21-24)14-8-20-22-15-13(14)1-5-19-15/h1,5,7-9H,2,6,10-11H2,(H,19,22). The summed E-state index contributed by atoms with van der Waals surface area (Å²) < 4.78 is 1.86. The van der Waals surface area contributed by atoms with Crippen molar-refractivity contribution in [2.24, 2.45) is 0 Å². The highest BCUT2D eigenvalue weighted by atomic mass is 15.4. The molecule has 0 spiro atoms. The van der Waals surface area contributed by atoms with Crippen LogP contribution in [0.25, 0.3) is 22.2 Å². The van der Waals surface area contributed by atoms with E-state index in [-0.39, 0.29) is 5.54 Å². The van der Waals surface area contributed by atoms with Crippen molar-refractivity contribution in [2.75, 3.05) is 19.6 Å². The Labute approximate surface area is 137 Å². The van der Waals surface area contributed by atoms with Gasteiger partial charge in [0.05, 0.1) is 37.5 Å². The number of hydrogen-bond donors (Lipinski definition) is 1. The van der Waals surface area contributed by atoms with Crippen molar-refractivity contribution in [3.63, 3.8) is 0 Å². The molecule has 4 heterocycles. The van der Waals surface area contributed by atoms with Crippen molar-refractivity contribution >= 4 is 11.0 Å². The lowest BCUT2D eigenvalue weighted by Gasteiger charge is -2.48. The molecule has 0 atom stereocenters. The Bertz CT molecular complexity index is 964. The summed E-state index contributed by atoms with van der Waals surface area (Å²) in [6.07, 6.45) is 7.65. The number of rotatable bonds is 4. The first-order chi connectivity index (χ1) is 11.8. The van der Waals surface area contributed by atoms with Crippen molar-refractivity contribution in [3.8, 4) is 23.3 Å². The zero-order valence-electron chi connectivity index (χ0n) is 12.8. The first kappa shape index (κ1) is 14.4. The summed E-state index contributed by atoms with van der Waals surface area (Å²) in [5.74, 6) is 0. The highest BCUT2D eigenvalue weighted by Crippen LogP contribution is 2.34. The Morgan fingerprint density at radius 1 is 1.25 bits per heavy atom. The molecule has 1 aliphatic rings. The van der Waals surface area contributed by atoms with Crippen molar-refractivity contribution < 1.29 is 0 Å². The molecule has 8 nitrogen and oxygen atoms in total. The van der Waals surface area contributed by atoms with Gasteiger partial charge in [-0.15, -0.1) is 5.10 Å². The second-order valence-electron chi connectivity index (χ2n) is 6.03. The SMILES string of the molecule is N#CCN1CC(CC#N)(n2cc(-c3cnnc4[nH]ccc34)cn2)C1. The molecule has 4 rings (SSSR count). The molecule has 1 N–H and O–H groups in total. The lowest BCUT2D eigenvalue weighted by atomic mass is 9.87. The number of aromatic amines is 1. The van der Waals surface area contributed by atoms with Gasteiger partial charge < -0.3 is 4.98 Å². The molecule has 0 aromatic carbocycles. The summed E-state index contributed by atoms with van der Waals surface area (Å²) in [5.41, 5.74) is 2.26. The number of aromatic nitrogens is 5. The van der Waals surface area contributed by atoms with Crippen LogP contribution in [0.5, 0.6) is 0 Å². The van der Waals surface area contributed by atoms with Crippen LogP contribution in [0.1, 0.15) is 6.42 Å². The zero-order valence-corrected chi connectivity index (χ0v) is 12.8. The van der Waals surface area contributed by atoms with Gasteiger partial charge in [0.25, 0.3) is 0 Å². The molecule has 0 radical (unpaired) electrons. The molecule has 3 aromatic heterocycles. The van der Waals surface area contributed by atoms with Crippen molar-refractivity contribution in [1.29, 1.82) is 10.5 Å². The van der Waals surface area contributed by atoms with Crippen LogP contribution >= 0.6 is 0 Å². The summed E-state index contributed by atoms with van der Waals surface area (Å²) >= 11 is 0. The van der Waals surface area contributed by atoms with Crippen LogP contribution in [0.3, 0.4) is 0 Å². The molecule has 0 amide bonds. The first-order valence-corrected chi connectivity index (χ1v) is 7.56. The van der Waals surface area contributed by atoms with Gasteiger partial charge in [-0.1, -0.05) is 0 Å². The maximum absolute atomic E-state index is 9.18. The molecular weight excluding hydrogens is 304 g/mol. The zero-order chi connectivity index (χ0) is 16.6. The van der Waals surface area contributed by atoms with E-state index in [4.69, 9.17) is 5.26 Å². The van der Waals surface area contributed by atoms with Gasteiger partial charge in [0.1, 0.15) is 5.54 Å². The summed E-state index contributed by atoms with van der Waals surface area (Å²) in [4.78, 5) is 5.06. The molecule has 8 heteroatoms. The largest absolute Gasteiger partial charge is 0.345 e. The van der Waals surface area contributed by atoms with Crippen molar-refractivity contribution in [2.45, 2.75) is 12.0 Å². The normalized spacial score (nSPS) is 16.4. The Balaban J connectivity index is 1.69. The second-order valence-corrected chi connectivity index (χ2v) is 6.03. The summed E-state index contributed by atoms with van der Waals surface area (Å²) in [6.45, 7) is 1.69. The minimum atomic E-state index is -0.360. The maximum atomic E-state index is 9.18. The Morgan fingerprint density at radius 2 is 2.12 bits per heavy atom. The average Bonchev–Trinajstić information content (AvgIpc) is 3.21. The van der Waals surface area contributed by atoms with Crippen LogP contribution in [-0.2, 0) is 5.54 Å². The monoisotopic (exact) mass is 318 g/mol. The van der Waals surface area contributed by atoms with Crippen LogP contribution in [0.4, 0.5) is 0 Å². The number of H-pyrrole nitrogens is 1. The van der Waals surface area contributed by atoms with Gasteiger partial charge in [0.2, 0.25) is 0 Å². The molecule has 1 saturated heterocycles. The van der Waals surface area contributed by atoms with Crippen LogP contribution in [-0.4, -0.2) is 49.5 Å². The van der Waals surface area contributed by atoms with Gasteiger partial charge in [-0.3, -0.25) is 9.58 Å². The van der Waals surface area contributed by atoms with Crippen LogP contribution in [0.15, 0.2) is 30.9 Å². The Kier molecular flexibility index (Phi) is 3.26. The molecule has 0 aliphatic carbocycles. The molecule has 0 bridgehead atoms. The van der Waals surface area contributed by atoms with Gasteiger partial charge in [0, 0.05) is 42.0 Å². The van der Waals surface area contributed by atoms with E-state index in [2.05, 4.69) is 32.4 Å². The van der Waals surface area contributed by atoms with Crippen LogP contribution in [0, 0.1) is 22.7 Å². The van der Waals surface area contributed by atoms with E-state index in [1.165, 1.54) is 0 Å². The summed E-state index contributed by atoms with van der Waals surface area (Å²) in [6, 6.07) is 6.35. The van der Waals surface area contributed by atoms with E-state index in [1.54, 1.807) is 12.4 Å². The molecule has 1 aliphatic heterocycles. The van der Waals surface area contributed by atoms with E-state index in [1.807, 2.05) is 28.0 Å². The molecule has 0 saturated carbocycles. The van der Waals surface area contributed by atoms with Gasteiger partial charge in [-0.2, -0.15) is 20.7 Å².